The van der Waals surface area contributed by atoms with Crippen LogP contribution in [0.15, 0.2) is 40.7 Å². The molecule has 1 heterocycles. The molecule has 1 N–H and O–H groups in total. The summed E-state index contributed by atoms with van der Waals surface area (Å²) in [4.78, 5) is 4.31. The van der Waals surface area contributed by atoms with Crippen molar-refractivity contribution < 1.29 is 8.42 Å². The van der Waals surface area contributed by atoms with Gasteiger partial charge in [-0.15, -0.1) is 11.3 Å². The largest absolute Gasteiger partial charge is 0.248 e. The van der Waals surface area contributed by atoms with Crippen LogP contribution in [0, 0.1) is 6.92 Å². The molecule has 0 spiro atoms. The Kier molecular flexibility index (Phi) is 3.56. The molecule has 1 aromatic carbocycles. The van der Waals surface area contributed by atoms with Crippen LogP contribution in [0.3, 0.4) is 0 Å². The van der Waals surface area contributed by atoms with Crippen LogP contribution in [0.25, 0.3) is 0 Å². The molecule has 1 aromatic heterocycles. The predicted octanol–water partition coefficient (Wildman–Crippen LogP) is 1.93. The van der Waals surface area contributed by atoms with Crippen LogP contribution in [-0.2, 0) is 16.6 Å². The molecule has 0 aliphatic carbocycles. The smallest absolute Gasteiger partial charge is 0.240 e. The number of sulfonamides is 1. The molecule has 0 bridgehead atoms. The van der Waals surface area contributed by atoms with Gasteiger partial charge in [0, 0.05) is 11.6 Å². The SMILES string of the molecule is Cc1cccc(S(=O)(=O)NCc2nccs2)c1. The van der Waals surface area contributed by atoms with Crippen molar-refractivity contribution in [1.29, 1.82) is 0 Å². The number of hydrogen-bond acceptors (Lipinski definition) is 4. The molecule has 0 radical (unpaired) electrons. The summed E-state index contributed by atoms with van der Waals surface area (Å²) in [5.41, 5.74) is 0.919. The van der Waals surface area contributed by atoms with Crippen LogP contribution in [0.2, 0.25) is 0 Å². The van der Waals surface area contributed by atoms with Gasteiger partial charge < -0.3 is 0 Å². The Hall–Kier alpha value is -1.24. The second-order valence-electron chi connectivity index (χ2n) is 3.57. The zero-order valence-electron chi connectivity index (χ0n) is 9.25. The van der Waals surface area contributed by atoms with Crippen molar-refractivity contribution in [2.24, 2.45) is 0 Å². The molecule has 4 nitrogen and oxygen atoms in total. The van der Waals surface area contributed by atoms with Gasteiger partial charge >= 0.3 is 0 Å². The third-order valence-corrected chi connectivity index (χ3v) is 4.38. The molecule has 0 amide bonds. The quantitative estimate of drug-likeness (QED) is 0.921. The van der Waals surface area contributed by atoms with Gasteiger partial charge in [0.2, 0.25) is 10.0 Å². The number of nitrogens with one attached hydrogen (secondary N) is 1. The summed E-state index contributed by atoms with van der Waals surface area (Å²) < 4.78 is 26.4. The first-order chi connectivity index (χ1) is 8.08. The third-order valence-electron chi connectivity index (χ3n) is 2.20. The van der Waals surface area contributed by atoms with E-state index in [1.165, 1.54) is 11.3 Å². The minimum atomic E-state index is -3.44. The second-order valence-corrected chi connectivity index (χ2v) is 6.31. The van der Waals surface area contributed by atoms with Gasteiger partial charge in [0.1, 0.15) is 5.01 Å². The molecular formula is C11H12N2O2S2. The van der Waals surface area contributed by atoms with Gasteiger partial charge in [-0.25, -0.2) is 18.1 Å². The van der Waals surface area contributed by atoms with E-state index in [0.29, 0.717) is 0 Å². The van der Waals surface area contributed by atoms with E-state index in [1.807, 2.05) is 18.4 Å². The van der Waals surface area contributed by atoms with Crippen LogP contribution in [0.4, 0.5) is 0 Å². The Morgan fingerprint density at radius 2 is 2.24 bits per heavy atom. The molecule has 0 saturated carbocycles. The highest BCUT2D eigenvalue weighted by Crippen LogP contribution is 2.12. The molecule has 0 aliphatic rings. The normalized spacial score (nSPS) is 11.6. The lowest BCUT2D eigenvalue weighted by Gasteiger charge is -2.05. The topological polar surface area (TPSA) is 59.1 Å². The first-order valence-corrected chi connectivity index (χ1v) is 7.39. The fourth-order valence-electron chi connectivity index (χ4n) is 1.36. The van der Waals surface area contributed by atoms with Gasteiger partial charge in [-0.2, -0.15) is 0 Å². The van der Waals surface area contributed by atoms with E-state index >= 15 is 0 Å². The maximum atomic E-state index is 11.9. The summed E-state index contributed by atoms with van der Waals surface area (Å²) in [6.07, 6.45) is 1.65. The minimum Gasteiger partial charge on any atom is -0.248 e. The van der Waals surface area contributed by atoms with Crippen molar-refractivity contribution in [3.63, 3.8) is 0 Å². The summed E-state index contributed by atoms with van der Waals surface area (Å²) >= 11 is 1.42. The van der Waals surface area contributed by atoms with Crippen molar-refractivity contribution in [2.75, 3.05) is 0 Å². The number of benzene rings is 1. The summed E-state index contributed by atoms with van der Waals surface area (Å²) in [7, 11) is -3.44. The Bertz CT molecular complexity index is 592. The maximum absolute atomic E-state index is 11.9. The second kappa shape index (κ2) is 4.95. The van der Waals surface area contributed by atoms with E-state index in [1.54, 1.807) is 24.4 Å². The molecular weight excluding hydrogens is 256 g/mol. The Balaban J connectivity index is 2.14. The third kappa shape index (κ3) is 3.12. The maximum Gasteiger partial charge on any atom is 0.240 e. The van der Waals surface area contributed by atoms with Gasteiger partial charge in [-0.1, -0.05) is 12.1 Å². The van der Waals surface area contributed by atoms with Crippen molar-refractivity contribution in [2.45, 2.75) is 18.4 Å². The lowest BCUT2D eigenvalue weighted by atomic mass is 10.2. The first-order valence-electron chi connectivity index (χ1n) is 5.03. The Labute approximate surface area is 104 Å². The van der Waals surface area contributed by atoms with Crippen LogP contribution < -0.4 is 4.72 Å². The lowest BCUT2D eigenvalue weighted by molar-refractivity contribution is 0.581. The van der Waals surface area contributed by atoms with Crippen LogP contribution in [0.1, 0.15) is 10.6 Å². The Morgan fingerprint density at radius 3 is 2.88 bits per heavy atom. The number of thiazole rings is 1. The summed E-state index contributed by atoms with van der Waals surface area (Å²) in [6, 6.07) is 6.81. The summed E-state index contributed by atoms with van der Waals surface area (Å²) in [5.74, 6) is 0. The molecule has 6 heteroatoms. The van der Waals surface area contributed by atoms with Crippen LogP contribution in [0.5, 0.6) is 0 Å². The molecule has 0 saturated heterocycles. The molecule has 0 unspecified atom stereocenters. The van der Waals surface area contributed by atoms with Crippen molar-refractivity contribution >= 4 is 21.4 Å². The van der Waals surface area contributed by atoms with Crippen molar-refractivity contribution in [3.05, 3.63) is 46.4 Å². The van der Waals surface area contributed by atoms with Gasteiger partial charge in [0.25, 0.3) is 0 Å². The molecule has 0 atom stereocenters. The fourth-order valence-corrected chi connectivity index (χ4v) is 3.10. The zero-order valence-corrected chi connectivity index (χ0v) is 10.9. The fraction of sp³-hybridized carbons (Fsp3) is 0.182. The van der Waals surface area contributed by atoms with Gasteiger partial charge in [0.15, 0.2) is 0 Å². The molecule has 0 aliphatic heterocycles. The summed E-state index contributed by atoms with van der Waals surface area (Å²) in [6.45, 7) is 2.09. The number of nitrogens with zero attached hydrogens (tertiary/aromatic N) is 1. The van der Waals surface area contributed by atoms with Crippen LogP contribution >= 0.6 is 11.3 Å². The van der Waals surface area contributed by atoms with Gasteiger partial charge in [-0.3, -0.25) is 0 Å². The van der Waals surface area contributed by atoms with Crippen molar-refractivity contribution in [1.82, 2.24) is 9.71 Å². The average molecular weight is 268 g/mol. The summed E-state index contributed by atoms with van der Waals surface area (Å²) in [5, 5.41) is 2.57. The lowest BCUT2D eigenvalue weighted by Crippen LogP contribution is -2.23. The number of rotatable bonds is 4. The van der Waals surface area contributed by atoms with E-state index in [9.17, 15) is 8.42 Å². The van der Waals surface area contributed by atoms with E-state index in [2.05, 4.69) is 9.71 Å². The van der Waals surface area contributed by atoms with E-state index in [4.69, 9.17) is 0 Å². The van der Waals surface area contributed by atoms with Crippen LogP contribution in [-0.4, -0.2) is 13.4 Å². The highest BCUT2D eigenvalue weighted by atomic mass is 32.2. The molecule has 2 aromatic rings. The number of hydrogen-bond donors (Lipinski definition) is 1. The highest BCUT2D eigenvalue weighted by molar-refractivity contribution is 7.89. The molecule has 90 valence electrons. The van der Waals surface area contributed by atoms with E-state index in [0.717, 1.165) is 10.6 Å². The zero-order chi connectivity index (χ0) is 12.3. The highest BCUT2D eigenvalue weighted by Gasteiger charge is 2.13. The minimum absolute atomic E-state index is 0.230. The van der Waals surface area contributed by atoms with Crippen molar-refractivity contribution in [3.8, 4) is 0 Å². The number of aryl methyl sites for hydroxylation is 1. The van der Waals surface area contributed by atoms with E-state index < -0.39 is 10.0 Å². The van der Waals surface area contributed by atoms with Gasteiger partial charge in [0.05, 0.1) is 11.4 Å². The number of aromatic nitrogens is 1. The first kappa shape index (κ1) is 12.2. The molecule has 2 rings (SSSR count). The average Bonchev–Trinajstić information content (AvgIpc) is 2.79. The predicted molar refractivity (Wildman–Crippen MR) is 67.3 cm³/mol. The Morgan fingerprint density at radius 1 is 1.41 bits per heavy atom. The molecule has 17 heavy (non-hydrogen) atoms. The standard InChI is InChI=1S/C11H12N2O2S2/c1-9-3-2-4-10(7-9)17(14,15)13-8-11-12-5-6-16-11/h2-7,13H,8H2,1H3. The van der Waals surface area contributed by atoms with E-state index in [-0.39, 0.29) is 11.4 Å². The molecule has 0 fully saturated rings. The van der Waals surface area contributed by atoms with Gasteiger partial charge in [-0.05, 0) is 24.6 Å². The monoisotopic (exact) mass is 268 g/mol.